The average molecular weight is 513 g/mol. The van der Waals surface area contributed by atoms with Gasteiger partial charge in [-0.05, 0) is 42.3 Å². The molecule has 6 nitrogen and oxygen atoms in total. The number of carbonyl (C=O) groups is 2. The molecule has 0 radical (unpaired) electrons. The van der Waals surface area contributed by atoms with Crippen molar-refractivity contribution in [3.05, 3.63) is 83.9 Å². The number of halogens is 3. The molecule has 1 aliphatic rings. The first-order chi connectivity index (χ1) is 17.7. The van der Waals surface area contributed by atoms with Crippen LogP contribution in [0.4, 0.5) is 23.7 Å². The highest BCUT2D eigenvalue weighted by Gasteiger charge is 2.32. The van der Waals surface area contributed by atoms with E-state index in [0.29, 0.717) is 55.1 Å². The second kappa shape index (κ2) is 11.4. The number of anilines is 1. The molecule has 0 saturated carbocycles. The first-order valence-electron chi connectivity index (χ1n) is 12.0. The van der Waals surface area contributed by atoms with E-state index in [0.717, 1.165) is 12.1 Å². The van der Waals surface area contributed by atoms with Crippen LogP contribution in [0.2, 0.25) is 0 Å². The summed E-state index contributed by atoms with van der Waals surface area (Å²) in [6.45, 7) is 3.10. The predicted molar refractivity (Wildman–Crippen MR) is 134 cm³/mol. The molecule has 1 fully saturated rings. The van der Waals surface area contributed by atoms with Crippen LogP contribution in [0.15, 0.2) is 72.8 Å². The number of nitrogens with one attached hydrogen (secondary N) is 1. The largest absolute Gasteiger partial charge is 0.490 e. The molecule has 0 unspecified atom stereocenters. The van der Waals surface area contributed by atoms with E-state index >= 15 is 0 Å². The predicted octanol–water partition coefficient (Wildman–Crippen LogP) is 6.62. The van der Waals surface area contributed by atoms with Gasteiger partial charge in [0.1, 0.15) is 11.9 Å². The van der Waals surface area contributed by atoms with Crippen LogP contribution in [0.5, 0.6) is 5.75 Å². The zero-order chi connectivity index (χ0) is 26.4. The Labute approximate surface area is 213 Å². The zero-order valence-electron chi connectivity index (χ0n) is 20.3. The number of ether oxygens (including phenoxy) is 2. The van der Waals surface area contributed by atoms with Crippen LogP contribution in [0.1, 0.15) is 35.7 Å². The molecule has 37 heavy (non-hydrogen) atoms. The summed E-state index contributed by atoms with van der Waals surface area (Å²) >= 11 is 0. The molecule has 0 bridgehead atoms. The number of carbonyl (C=O) groups excluding carboxylic acids is 2. The van der Waals surface area contributed by atoms with Gasteiger partial charge in [-0.25, -0.2) is 4.79 Å². The van der Waals surface area contributed by atoms with Crippen molar-refractivity contribution in [3.63, 3.8) is 0 Å². The minimum absolute atomic E-state index is 0.0846. The maximum absolute atomic E-state index is 13.4. The van der Waals surface area contributed by atoms with Gasteiger partial charge in [-0.1, -0.05) is 42.5 Å². The normalized spacial score (nSPS) is 14.2. The standard InChI is InChI=1S/C28H27F3N2O4/c1-2-36-27(35)33-15-13-22(14-16-33)37-23-10-6-9-21(18-23)32-26(34)25-17-20(28(29,30)31)11-12-24(25)19-7-4-3-5-8-19/h3-12,17-18,22H,2,13-16H2,1H3,(H,32,34). The smallest absolute Gasteiger partial charge is 0.416 e. The summed E-state index contributed by atoms with van der Waals surface area (Å²) in [7, 11) is 0. The number of nitrogens with zero attached hydrogens (tertiary/aromatic N) is 1. The summed E-state index contributed by atoms with van der Waals surface area (Å²) in [5.74, 6) is -0.149. The highest BCUT2D eigenvalue weighted by molar-refractivity contribution is 6.09. The molecule has 2 amide bonds. The number of amides is 2. The van der Waals surface area contributed by atoms with Gasteiger partial charge in [-0.3, -0.25) is 4.79 Å². The molecule has 3 aromatic rings. The Bertz CT molecular complexity index is 1240. The molecule has 194 valence electrons. The Morgan fingerprint density at radius 3 is 2.38 bits per heavy atom. The van der Waals surface area contributed by atoms with Gasteiger partial charge in [0.25, 0.3) is 5.91 Å². The first kappa shape index (κ1) is 26.1. The van der Waals surface area contributed by atoms with Crippen molar-refractivity contribution in [2.24, 2.45) is 0 Å². The summed E-state index contributed by atoms with van der Waals surface area (Å²) in [4.78, 5) is 26.7. The molecule has 0 aromatic heterocycles. The fourth-order valence-electron chi connectivity index (χ4n) is 4.19. The number of alkyl halides is 3. The number of rotatable bonds is 6. The molecule has 1 heterocycles. The van der Waals surface area contributed by atoms with Gasteiger partial charge >= 0.3 is 12.3 Å². The van der Waals surface area contributed by atoms with Crippen LogP contribution < -0.4 is 10.1 Å². The lowest BCUT2D eigenvalue weighted by Crippen LogP contribution is -2.42. The van der Waals surface area contributed by atoms with Gasteiger partial charge in [0.05, 0.1) is 12.2 Å². The highest BCUT2D eigenvalue weighted by atomic mass is 19.4. The fourth-order valence-corrected chi connectivity index (χ4v) is 4.19. The quantitative estimate of drug-likeness (QED) is 0.403. The highest BCUT2D eigenvalue weighted by Crippen LogP contribution is 2.34. The SMILES string of the molecule is CCOC(=O)N1CCC(Oc2cccc(NC(=O)c3cc(C(F)(F)F)ccc3-c3ccccc3)c2)CC1. The monoisotopic (exact) mass is 512 g/mol. The molecule has 1 N–H and O–H groups in total. The van der Waals surface area contributed by atoms with E-state index in [2.05, 4.69) is 5.32 Å². The number of piperidine rings is 1. The van der Waals surface area contributed by atoms with E-state index in [1.165, 1.54) is 6.07 Å². The summed E-state index contributed by atoms with van der Waals surface area (Å²) < 4.78 is 51.3. The lowest BCUT2D eigenvalue weighted by Gasteiger charge is -2.31. The Morgan fingerprint density at radius 1 is 0.973 bits per heavy atom. The third-order valence-corrected chi connectivity index (χ3v) is 6.04. The molecule has 0 atom stereocenters. The van der Waals surface area contributed by atoms with Gasteiger partial charge in [0, 0.05) is 43.2 Å². The molecule has 1 saturated heterocycles. The Balaban J connectivity index is 1.48. The lowest BCUT2D eigenvalue weighted by molar-refractivity contribution is -0.137. The second-order valence-electron chi connectivity index (χ2n) is 8.61. The van der Waals surface area contributed by atoms with E-state index in [-0.39, 0.29) is 17.8 Å². The molecule has 3 aromatic carbocycles. The summed E-state index contributed by atoms with van der Waals surface area (Å²) in [5, 5.41) is 2.71. The summed E-state index contributed by atoms with van der Waals surface area (Å²) in [6.07, 6.45) is -3.79. The van der Waals surface area contributed by atoms with Crippen LogP contribution in [0, 0.1) is 0 Å². The van der Waals surface area contributed by atoms with E-state index < -0.39 is 17.6 Å². The van der Waals surface area contributed by atoms with Crippen molar-refractivity contribution in [2.75, 3.05) is 25.0 Å². The van der Waals surface area contributed by atoms with Crippen LogP contribution in [0.25, 0.3) is 11.1 Å². The molecule has 0 aliphatic carbocycles. The van der Waals surface area contributed by atoms with Gasteiger partial charge in [0.15, 0.2) is 0 Å². The number of hydrogen-bond acceptors (Lipinski definition) is 4. The zero-order valence-corrected chi connectivity index (χ0v) is 20.3. The van der Waals surface area contributed by atoms with E-state index in [4.69, 9.17) is 9.47 Å². The summed E-state index contributed by atoms with van der Waals surface area (Å²) in [5.41, 5.74) is 0.435. The molecule has 0 spiro atoms. The van der Waals surface area contributed by atoms with E-state index in [9.17, 15) is 22.8 Å². The third kappa shape index (κ3) is 6.61. The minimum atomic E-state index is -4.58. The van der Waals surface area contributed by atoms with Crippen LogP contribution in [0.3, 0.4) is 0 Å². The van der Waals surface area contributed by atoms with Gasteiger partial charge in [-0.2, -0.15) is 13.2 Å². The van der Waals surface area contributed by atoms with Crippen molar-refractivity contribution < 1.29 is 32.2 Å². The van der Waals surface area contributed by atoms with Crippen molar-refractivity contribution >= 4 is 17.7 Å². The Morgan fingerprint density at radius 2 is 1.70 bits per heavy atom. The number of hydrogen-bond donors (Lipinski definition) is 1. The van der Waals surface area contributed by atoms with Crippen LogP contribution >= 0.6 is 0 Å². The third-order valence-electron chi connectivity index (χ3n) is 6.04. The molecule has 1 aliphatic heterocycles. The Kier molecular flexibility index (Phi) is 8.01. The Hall–Kier alpha value is -4.01. The fraction of sp³-hybridized carbons (Fsp3) is 0.286. The van der Waals surface area contributed by atoms with Gasteiger partial charge in [0.2, 0.25) is 0 Å². The molecular formula is C28H27F3N2O4. The van der Waals surface area contributed by atoms with E-state index in [1.54, 1.807) is 66.4 Å². The maximum Gasteiger partial charge on any atom is 0.416 e. The van der Waals surface area contributed by atoms with Crippen molar-refractivity contribution in [2.45, 2.75) is 32.0 Å². The first-order valence-corrected chi connectivity index (χ1v) is 12.0. The van der Waals surface area contributed by atoms with Gasteiger partial charge in [-0.15, -0.1) is 0 Å². The average Bonchev–Trinajstić information content (AvgIpc) is 2.89. The summed E-state index contributed by atoms with van der Waals surface area (Å²) in [6, 6.07) is 18.7. The van der Waals surface area contributed by atoms with E-state index in [1.807, 2.05) is 0 Å². The topological polar surface area (TPSA) is 67.9 Å². The lowest BCUT2D eigenvalue weighted by atomic mass is 9.96. The molecule has 4 rings (SSSR count). The molecular weight excluding hydrogens is 485 g/mol. The number of likely N-dealkylation sites (tertiary alicyclic amines) is 1. The molecule has 9 heteroatoms. The van der Waals surface area contributed by atoms with Crippen molar-refractivity contribution in [3.8, 4) is 16.9 Å². The number of benzene rings is 3. The van der Waals surface area contributed by atoms with Gasteiger partial charge < -0.3 is 19.7 Å². The van der Waals surface area contributed by atoms with Crippen LogP contribution in [-0.2, 0) is 10.9 Å². The van der Waals surface area contributed by atoms with Crippen molar-refractivity contribution in [1.82, 2.24) is 4.90 Å². The van der Waals surface area contributed by atoms with Crippen LogP contribution in [-0.4, -0.2) is 42.7 Å². The minimum Gasteiger partial charge on any atom is -0.490 e. The maximum atomic E-state index is 13.4. The second-order valence-corrected chi connectivity index (χ2v) is 8.61. The van der Waals surface area contributed by atoms with Crippen molar-refractivity contribution in [1.29, 1.82) is 0 Å².